The molecule has 0 saturated carbocycles. The maximum Gasteiger partial charge on any atom is 0.0708 e. The SMILES string of the molecule is CSCc1ccc(-c2ccnc3ccccc23)cc1. The number of para-hydroxylation sites is 1. The summed E-state index contributed by atoms with van der Waals surface area (Å²) in [7, 11) is 0. The van der Waals surface area contributed by atoms with Crippen molar-refractivity contribution in [3.8, 4) is 11.1 Å². The Morgan fingerprint density at radius 1 is 0.947 bits per heavy atom. The van der Waals surface area contributed by atoms with E-state index in [9.17, 15) is 0 Å². The predicted octanol–water partition coefficient (Wildman–Crippen LogP) is 4.76. The summed E-state index contributed by atoms with van der Waals surface area (Å²) >= 11 is 1.85. The quantitative estimate of drug-likeness (QED) is 0.677. The number of pyridine rings is 1. The lowest BCUT2D eigenvalue weighted by Crippen LogP contribution is -1.85. The fraction of sp³-hybridized carbons (Fsp3) is 0.118. The summed E-state index contributed by atoms with van der Waals surface area (Å²) in [4.78, 5) is 4.41. The monoisotopic (exact) mass is 265 g/mol. The second kappa shape index (κ2) is 5.45. The molecule has 1 aromatic heterocycles. The number of nitrogens with zero attached hydrogens (tertiary/aromatic N) is 1. The van der Waals surface area contributed by atoms with Crippen LogP contribution >= 0.6 is 11.8 Å². The van der Waals surface area contributed by atoms with Crippen LogP contribution in [0.25, 0.3) is 22.0 Å². The van der Waals surface area contributed by atoms with E-state index < -0.39 is 0 Å². The van der Waals surface area contributed by atoms with Gasteiger partial charge < -0.3 is 0 Å². The molecule has 1 nitrogen and oxygen atoms in total. The van der Waals surface area contributed by atoms with E-state index in [1.165, 1.54) is 22.1 Å². The fourth-order valence-corrected chi connectivity index (χ4v) is 2.82. The molecule has 0 spiro atoms. The molecule has 1 heterocycles. The third-order valence-electron chi connectivity index (χ3n) is 3.22. The number of thioether (sulfide) groups is 1. The van der Waals surface area contributed by atoms with Crippen LogP contribution in [-0.2, 0) is 5.75 Å². The van der Waals surface area contributed by atoms with Gasteiger partial charge in [0.25, 0.3) is 0 Å². The van der Waals surface area contributed by atoms with Crippen LogP contribution < -0.4 is 0 Å². The number of benzene rings is 2. The minimum atomic E-state index is 1.05. The van der Waals surface area contributed by atoms with Crippen molar-refractivity contribution in [2.24, 2.45) is 0 Å². The third-order valence-corrected chi connectivity index (χ3v) is 3.85. The highest BCUT2D eigenvalue weighted by Crippen LogP contribution is 2.27. The smallest absolute Gasteiger partial charge is 0.0708 e. The van der Waals surface area contributed by atoms with Crippen molar-refractivity contribution in [1.29, 1.82) is 0 Å². The minimum Gasteiger partial charge on any atom is -0.256 e. The second-order valence-corrected chi connectivity index (χ2v) is 5.37. The van der Waals surface area contributed by atoms with Crippen LogP contribution in [0.3, 0.4) is 0 Å². The molecule has 2 aromatic carbocycles. The summed E-state index contributed by atoms with van der Waals surface area (Å²) in [6.45, 7) is 0. The van der Waals surface area contributed by atoms with Crippen molar-refractivity contribution in [1.82, 2.24) is 4.98 Å². The minimum absolute atomic E-state index is 1.05. The lowest BCUT2D eigenvalue weighted by molar-refractivity contribution is 1.40. The summed E-state index contributed by atoms with van der Waals surface area (Å²) in [6, 6.07) is 19.2. The van der Waals surface area contributed by atoms with Crippen molar-refractivity contribution in [2.75, 3.05) is 6.26 Å². The van der Waals surface area contributed by atoms with E-state index in [-0.39, 0.29) is 0 Å². The molecule has 0 fully saturated rings. The van der Waals surface area contributed by atoms with Crippen LogP contribution in [0, 0.1) is 0 Å². The van der Waals surface area contributed by atoms with Gasteiger partial charge in [-0.2, -0.15) is 11.8 Å². The molecule has 0 N–H and O–H groups in total. The maximum absolute atomic E-state index is 4.41. The first-order valence-electron chi connectivity index (χ1n) is 6.30. The molecule has 0 aliphatic heterocycles. The number of aromatic nitrogens is 1. The molecule has 0 aliphatic rings. The highest BCUT2D eigenvalue weighted by atomic mass is 32.2. The first-order valence-corrected chi connectivity index (χ1v) is 7.70. The van der Waals surface area contributed by atoms with Crippen molar-refractivity contribution in [3.05, 3.63) is 66.4 Å². The Kier molecular flexibility index (Phi) is 3.51. The normalized spacial score (nSPS) is 10.8. The van der Waals surface area contributed by atoms with Crippen molar-refractivity contribution < 1.29 is 0 Å². The van der Waals surface area contributed by atoms with E-state index in [1.807, 2.05) is 24.0 Å². The molecule has 2 heteroatoms. The Hall–Kier alpha value is -1.80. The standard InChI is InChI=1S/C17H15NS/c1-19-12-13-6-8-14(9-7-13)15-10-11-18-17-5-3-2-4-16(15)17/h2-11H,12H2,1H3. The maximum atomic E-state index is 4.41. The summed E-state index contributed by atoms with van der Waals surface area (Å²) in [5, 5.41) is 1.21. The zero-order valence-electron chi connectivity index (χ0n) is 10.8. The van der Waals surface area contributed by atoms with Gasteiger partial charge in [-0.1, -0.05) is 42.5 Å². The summed E-state index contributed by atoms with van der Waals surface area (Å²) < 4.78 is 0. The summed E-state index contributed by atoms with van der Waals surface area (Å²) in [5.41, 5.74) is 4.92. The van der Waals surface area contributed by atoms with E-state index in [2.05, 4.69) is 59.8 Å². The molecule has 94 valence electrons. The summed E-state index contributed by atoms with van der Waals surface area (Å²) in [5.74, 6) is 1.07. The Bertz CT molecular complexity index is 684. The molecule has 0 bridgehead atoms. The van der Waals surface area contributed by atoms with Gasteiger partial charge in [0, 0.05) is 17.3 Å². The van der Waals surface area contributed by atoms with Crippen molar-refractivity contribution in [2.45, 2.75) is 5.75 Å². The number of rotatable bonds is 3. The Balaban J connectivity index is 2.08. The molecule has 0 radical (unpaired) electrons. The number of fused-ring (bicyclic) bond motifs is 1. The second-order valence-electron chi connectivity index (χ2n) is 4.51. The van der Waals surface area contributed by atoms with E-state index >= 15 is 0 Å². The van der Waals surface area contributed by atoms with Crippen LogP contribution in [0.15, 0.2) is 60.8 Å². The van der Waals surface area contributed by atoms with Gasteiger partial charge in [-0.25, -0.2) is 0 Å². The molecule has 0 unspecified atom stereocenters. The van der Waals surface area contributed by atoms with Gasteiger partial charge in [-0.05, 0) is 35.1 Å². The Morgan fingerprint density at radius 3 is 2.53 bits per heavy atom. The van der Waals surface area contributed by atoms with E-state index in [0.29, 0.717) is 0 Å². The van der Waals surface area contributed by atoms with Crippen LogP contribution in [0.5, 0.6) is 0 Å². The molecule has 0 amide bonds. The molecule has 3 aromatic rings. The third kappa shape index (κ3) is 2.49. The van der Waals surface area contributed by atoms with Gasteiger partial charge in [0.05, 0.1) is 5.52 Å². The molecule has 0 saturated heterocycles. The van der Waals surface area contributed by atoms with Gasteiger partial charge in [0.2, 0.25) is 0 Å². The van der Waals surface area contributed by atoms with Crippen LogP contribution in [0.1, 0.15) is 5.56 Å². The number of hydrogen-bond acceptors (Lipinski definition) is 2. The number of hydrogen-bond donors (Lipinski definition) is 0. The van der Waals surface area contributed by atoms with Gasteiger partial charge in [-0.3, -0.25) is 4.98 Å². The molecule has 19 heavy (non-hydrogen) atoms. The van der Waals surface area contributed by atoms with E-state index in [4.69, 9.17) is 0 Å². The highest BCUT2D eigenvalue weighted by Gasteiger charge is 2.03. The van der Waals surface area contributed by atoms with Gasteiger partial charge in [0.15, 0.2) is 0 Å². The topological polar surface area (TPSA) is 12.9 Å². The fourth-order valence-electron chi connectivity index (χ4n) is 2.29. The highest BCUT2D eigenvalue weighted by molar-refractivity contribution is 7.97. The Labute approximate surface area is 117 Å². The molecule has 3 rings (SSSR count). The van der Waals surface area contributed by atoms with Crippen molar-refractivity contribution >= 4 is 22.7 Å². The van der Waals surface area contributed by atoms with Gasteiger partial charge >= 0.3 is 0 Å². The van der Waals surface area contributed by atoms with E-state index in [0.717, 1.165) is 11.3 Å². The lowest BCUT2D eigenvalue weighted by atomic mass is 10.0. The van der Waals surface area contributed by atoms with Crippen LogP contribution in [0.2, 0.25) is 0 Å². The lowest BCUT2D eigenvalue weighted by Gasteiger charge is -2.07. The molecule has 0 aliphatic carbocycles. The zero-order valence-corrected chi connectivity index (χ0v) is 11.7. The van der Waals surface area contributed by atoms with E-state index in [1.54, 1.807) is 0 Å². The molecule has 0 atom stereocenters. The largest absolute Gasteiger partial charge is 0.256 e. The van der Waals surface area contributed by atoms with Crippen LogP contribution in [-0.4, -0.2) is 11.2 Å². The first-order chi connectivity index (χ1) is 9.38. The van der Waals surface area contributed by atoms with Crippen LogP contribution in [0.4, 0.5) is 0 Å². The first kappa shape index (κ1) is 12.2. The molecular formula is C17H15NS. The zero-order chi connectivity index (χ0) is 13.1. The van der Waals surface area contributed by atoms with Gasteiger partial charge in [-0.15, -0.1) is 0 Å². The Morgan fingerprint density at radius 2 is 1.74 bits per heavy atom. The molecular weight excluding hydrogens is 250 g/mol. The summed E-state index contributed by atoms with van der Waals surface area (Å²) in [6.07, 6.45) is 4.01. The average Bonchev–Trinajstić information content (AvgIpc) is 2.48. The predicted molar refractivity (Wildman–Crippen MR) is 84.4 cm³/mol. The average molecular weight is 265 g/mol. The van der Waals surface area contributed by atoms with Crippen molar-refractivity contribution in [3.63, 3.8) is 0 Å². The van der Waals surface area contributed by atoms with Gasteiger partial charge in [0.1, 0.15) is 0 Å².